The zero-order valence-electron chi connectivity index (χ0n) is 10.2. The molecule has 0 aliphatic carbocycles. The number of nitrogens with one attached hydrogen (secondary N) is 2. The Bertz CT molecular complexity index is 376. The molecule has 0 saturated heterocycles. The van der Waals surface area contributed by atoms with Crippen molar-refractivity contribution in [2.24, 2.45) is 0 Å². The fourth-order valence-electron chi connectivity index (χ4n) is 1.28. The molecule has 0 aromatic heterocycles. The van der Waals surface area contributed by atoms with Gasteiger partial charge in [0.1, 0.15) is 0 Å². The van der Waals surface area contributed by atoms with Gasteiger partial charge in [-0.05, 0) is 25.5 Å². The van der Waals surface area contributed by atoms with Crippen LogP contribution in [0.4, 0.5) is 0 Å². The number of rotatable bonds is 5. The molecule has 1 aromatic rings. The van der Waals surface area contributed by atoms with Crippen molar-refractivity contribution in [3.8, 4) is 0 Å². The lowest BCUT2D eigenvalue weighted by Gasteiger charge is -2.11. The minimum Gasteiger partial charge on any atom is -0.352 e. The molecule has 0 heterocycles. The molecule has 0 bridgehead atoms. The van der Waals surface area contributed by atoms with Crippen molar-refractivity contribution in [1.82, 2.24) is 10.6 Å². The van der Waals surface area contributed by atoms with Crippen molar-refractivity contribution in [2.75, 3.05) is 6.54 Å². The molecule has 1 aromatic carbocycles. The topological polar surface area (TPSA) is 58.2 Å². The lowest BCUT2D eigenvalue weighted by Crippen LogP contribution is -2.40. The van der Waals surface area contributed by atoms with Crippen LogP contribution in [-0.4, -0.2) is 24.4 Å². The maximum absolute atomic E-state index is 11.6. The zero-order chi connectivity index (χ0) is 12.7. The molecule has 0 unspecified atom stereocenters. The molecule has 17 heavy (non-hydrogen) atoms. The van der Waals surface area contributed by atoms with Crippen LogP contribution in [0.3, 0.4) is 0 Å². The third-order valence-corrected chi connectivity index (χ3v) is 2.47. The normalized spacial score (nSPS) is 11.6. The van der Waals surface area contributed by atoms with E-state index in [1.165, 1.54) is 0 Å². The van der Waals surface area contributed by atoms with Gasteiger partial charge >= 0.3 is 0 Å². The summed E-state index contributed by atoms with van der Waals surface area (Å²) >= 11 is 0. The van der Waals surface area contributed by atoms with Crippen LogP contribution in [0.15, 0.2) is 30.3 Å². The van der Waals surface area contributed by atoms with Gasteiger partial charge in [-0.1, -0.05) is 25.1 Å². The Morgan fingerprint density at radius 3 is 2.47 bits per heavy atom. The van der Waals surface area contributed by atoms with E-state index in [4.69, 9.17) is 0 Å². The molecule has 2 N–H and O–H groups in total. The average Bonchev–Trinajstić information content (AvgIpc) is 2.36. The maximum atomic E-state index is 11.6. The Labute approximate surface area is 101 Å². The standard InChI is InChI=1S/C13H18N2O2/c1-3-10(2)15-12(16)9-14-13(17)11-7-5-4-6-8-11/h4-8,10H,3,9H2,1-2H3,(H,14,17)(H,15,16)/t10-/m1/s1. The van der Waals surface area contributed by atoms with Crippen molar-refractivity contribution in [2.45, 2.75) is 26.3 Å². The fourth-order valence-corrected chi connectivity index (χ4v) is 1.28. The average molecular weight is 234 g/mol. The molecule has 0 spiro atoms. The molecule has 4 heteroatoms. The highest BCUT2D eigenvalue weighted by Crippen LogP contribution is 1.97. The number of carbonyl (C=O) groups excluding carboxylic acids is 2. The van der Waals surface area contributed by atoms with Gasteiger partial charge in [0.25, 0.3) is 5.91 Å². The van der Waals surface area contributed by atoms with Gasteiger partial charge in [0.05, 0.1) is 6.54 Å². The molecule has 0 fully saturated rings. The summed E-state index contributed by atoms with van der Waals surface area (Å²) in [7, 11) is 0. The number of carbonyl (C=O) groups is 2. The molecule has 0 aliphatic heterocycles. The summed E-state index contributed by atoms with van der Waals surface area (Å²) in [5.41, 5.74) is 0.559. The van der Waals surface area contributed by atoms with E-state index in [1.807, 2.05) is 19.9 Å². The van der Waals surface area contributed by atoms with E-state index in [-0.39, 0.29) is 24.4 Å². The van der Waals surface area contributed by atoms with E-state index in [2.05, 4.69) is 10.6 Å². The van der Waals surface area contributed by atoms with Gasteiger partial charge in [0, 0.05) is 11.6 Å². The van der Waals surface area contributed by atoms with Crippen LogP contribution in [0.1, 0.15) is 30.6 Å². The highest BCUT2D eigenvalue weighted by atomic mass is 16.2. The van der Waals surface area contributed by atoms with Gasteiger partial charge in [-0.25, -0.2) is 0 Å². The first-order valence-electron chi connectivity index (χ1n) is 5.76. The van der Waals surface area contributed by atoms with Crippen molar-refractivity contribution in [3.05, 3.63) is 35.9 Å². The van der Waals surface area contributed by atoms with Crippen LogP contribution >= 0.6 is 0 Å². The Kier molecular flexibility index (Phi) is 5.20. The first-order valence-corrected chi connectivity index (χ1v) is 5.76. The van der Waals surface area contributed by atoms with Gasteiger partial charge in [-0.15, -0.1) is 0 Å². The number of hydrogen-bond donors (Lipinski definition) is 2. The van der Waals surface area contributed by atoms with E-state index in [9.17, 15) is 9.59 Å². The molecule has 1 atom stereocenters. The van der Waals surface area contributed by atoms with Gasteiger partial charge in [0.15, 0.2) is 0 Å². The summed E-state index contributed by atoms with van der Waals surface area (Å²) < 4.78 is 0. The summed E-state index contributed by atoms with van der Waals surface area (Å²) in [6.45, 7) is 3.93. The monoisotopic (exact) mass is 234 g/mol. The lowest BCUT2D eigenvalue weighted by atomic mass is 10.2. The predicted molar refractivity (Wildman–Crippen MR) is 66.7 cm³/mol. The number of benzene rings is 1. The Hall–Kier alpha value is -1.84. The molecule has 1 rings (SSSR count). The quantitative estimate of drug-likeness (QED) is 0.807. The Morgan fingerprint density at radius 1 is 1.24 bits per heavy atom. The molecule has 4 nitrogen and oxygen atoms in total. The van der Waals surface area contributed by atoms with Gasteiger partial charge < -0.3 is 10.6 Å². The second-order valence-electron chi connectivity index (χ2n) is 3.93. The minimum absolute atomic E-state index is 0.0120. The van der Waals surface area contributed by atoms with E-state index >= 15 is 0 Å². The third kappa shape index (κ3) is 4.68. The molecule has 0 saturated carbocycles. The highest BCUT2D eigenvalue weighted by molar-refractivity contribution is 5.96. The van der Waals surface area contributed by atoms with E-state index < -0.39 is 0 Å². The largest absolute Gasteiger partial charge is 0.352 e. The van der Waals surface area contributed by atoms with Crippen molar-refractivity contribution in [1.29, 1.82) is 0 Å². The predicted octanol–water partition coefficient (Wildman–Crippen LogP) is 1.33. The fraction of sp³-hybridized carbons (Fsp3) is 0.385. The summed E-state index contributed by atoms with van der Waals surface area (Å²) in [5, 5.41) is 5.36. The molecule has 92 valence electrons. The van der Waals surface area contributed by atoms with Crippen LogP contribution in [-0.2, 0) is 4.79 Å². The lowest BCUT2D eigenvalue weighted by molar-refractivity contribution is -0.120. The molecular formula is C13H18N2O2. The van der Waals surface area contributed by atoms with Crippen LogP contribution in [0, 0.1) is 0 Å². The van der Waals surface area contributed by atoms with Crippen molar-refractivity contribution >= 4 is 11.8 Å². The molecule has 0 radical (unpaired) electrons. The molecule has 0 aliphatic rings. The first-order chi connectivity index (χ1) is 8.13. The molecule has 2 amide bonds. The van der Waals surface area contributed by atoms with Crippen LogP contribution in [0.5, 0.6) is 0 Å². The first kappa shape index (κ1) is 13.2. The second-order valence-corrected chi connectivity index (χ2v) is 3.93. The minimum atomic E-state index is -0.232. The maximum Gasteiger partial charge on any atom is 0.251 e. The van der Waals surface area contributed by atoms with E-state index in [0.717, 1.165) is 6.42 Å². The van der Waals surface area contributed by atoms with Gasteiger partial charge in [-0.2, -0.15) is 0 Å². The van der Waals surface area contributed by atoms with Crippen LogP contribution in [0.25, 0.3) is 0 Å². The number of hydrogen-bond acceptors (Lipinski definition) is 2. The van der Waals surface area contributed by atoms with E-state index in [1.54, 1.807) is 24.3 Å². The summed E-state index contributed by atoms with van der Waals surface area (Å²) in [5.74, 6) is -0.395. The van der Waals surface area contributed by atoms with Gasteiger partial charge in [0.2, 0.25) is 5.91 Å². The summed E-state index contributed by atoms with van der Waals surface area (Å²) in [4.78, 5) is 23.0. The summed E-state index contributed by atoms with van der Waals surface area (Å²) in [6, 6.07) is 8.97. The van der Waals surface area contributed by atoms with E-state index in [0.29, 0.717) is 5.56 Å². The van der Waals surface area contributed by atoms with Gasteiger partial charge in [-0.3, -0.25) is 9.59 Å². The smallest absolute Gasteiger partial charge is 0.251 e. The Balaban J connectivity index is 2.36. The second kappa shape index (κ2) is 6.68. The van der Waals surface area contributed by atoms with Crippen LogP contribution in [0.2, 0.25) is 0 Å². The zero-order valence-corrected chi connectivity index (χ0v) is 10.2. The van der Waals surface area contributed by atoms with Crippen molar-refractivity contribution in [3.63, 3.8) is 0 Å². The molecular weight excluding hydrogens is 216 g/mol. The van der Waals surface area contributed by atoms with Crippen LogP contribution < -0.4 is 10.6 Å². The SMILES string of the molecule is CC[C@@H](C)NC(=O)CNC(=O)c1ccccc1. The van der Waals surface area contributed by atoms with Crippen molar-refractivity contribution < 1.29 is 9.59 Å². The summed E-state index contributed by atoms with van der Waals surface area (Å²) in [6.07, 6.45) is 0.873. The highest BCUT2D eigenvalue weighted by Gasteiger charge is 2.08. The third-order valence-electron chi connectivity index (χ3n) is 2.47. The Morgan fingerprint density at radius 2 is 1.88 bits per heavy atom. The number of amides is 2.